The van der Waals surface area contributed by atoms with Crippen molar-refractivity contribution in [1.29, 1.82) is 0 Å². The van der Waals surface area contributed by atoms with E-state index in [9.17, 15) is 4.79 Å². The predicted molar refractivity (Wildman–Crippen MR) is 59.1 cm³/mol. The number of carbonyl (C=O) groups excluding carboxylic acids is 1. The standard InChI is InChI=1S/C11H8N4O/c16-10-6-14-11(15-10)7-1-2-8-9(5-7)13-4-3-12-8/h1-5H,6H2,(H,14,15,16). The maximum atomic E-state index is 11.0. The molecule has 1 aliphatic rings. The lowest BCUT2D eigenvalue weighted by Crippen LogP contribution is -2.25. The molecule has 0 saturated carbocycles. The van der Waals surface area contributed by atoms with E-state index in [1.165, 1.54) is 0 Å². The van der Waals surface area contributed by atoms with Crippen molar-refractivity contribution in [2.24, 2.45) is 4.99 Å². The fourth-order valence-electron chi connectivity index (χ4n) is 1.64. The second kappa shape index (κ2) is 3.37. The maximum Gasteiger partial charge on any atom is 0.247 e. The Kier molecular flexibility index (Phi) is 1.89. The molecule has 16 heavy (non-hydrogen) atoms. The van der Waals surface area contributed by atoms with Crippen molar-refractivity contribution in [2.75, 3.05) is 6.54 Å². The number of amidine groups is 1. The van der Waals surface area contributed by atoms with Crippen molar-refractivity contribution < 1.29 is 4.79 Å². The molecule has 0 spiro atoms. The highest BCUT2D eigenvalue weighted by molar-refractivity contribution is 6.13. The highest BCUT2D eigenvalue weighted by Crippen LogP contribution is 2.12. The van der Waals surface area contributed by atoms with Gasteiger partial charge in [-0.2, -0.15) is 0 Å². The molecule has 78 valence electrons. The predicted octanol–water partition coefficient (Wildman–Crippen LogP) is 0.506. The van der Waals surface area contributed by atoms with Crippen molar-refractivity contribution >= 4 is 22.8 Å². The average molecular weight is 212 g/mol. The molecule has 1 aliphatic heterocycles. The lowest BCUT2D eigenvalue weighted by molar-refractivity contribution is -0.117. The quantitative estimate of drug-likeness (QED) is 0.748. The van der Waals surface area contributed by atoms with Gasteiger partial charge in [-0.1, -0.05) is 0 Å². The van der Waals surface area contributed by atoms with Crippen LogP contribution >= 0.6 is 0 Å². The van der Waals surface area contributed by atoms with Crippen LogP contribution < -0.4 is 5.32 Å². The third-order valence-electron chi connectivity index (χ3n) is 2.38. The number of benzene rings is 1. The summed E-state index contributed by atoms with van der Waals surface area (Å²) in [5.41, 5.74) is 2.49. The SMILES string of the molecule is O=C1CN=C(c2ccc3nccnc3c2)N1. The molecule has 0 saturated heterocycles. The van der Waals surface area contributed by atoms with E-state index in [-0.39, 0.29) is 12.5 Å². The Morgan fingerprint density at radius 2 is 1.94 bits per heavy atom. The van der Waals surface area contributed by atoms with Gasteiger partial charge in [0, 0.05) is 18.0 Å². The van der Waals surface area contributed by atoms with Gasteiger partial charge in [-0.05, 0) is 18.2 Å². The van der Waals surface area contributed by atoms with Crippen molar-refractivity contribution in [3.05, 3.63) is 36.2 Å². The fourth-order valence-corrected chi connectivity index (χ4v) is 1.64. The first-order valence-corrected chi connectivity index (χ1v) is 4.88. The van der Waals surface area contributed by atoms with E-state index < -0.39 is 0 Å². The first kappa shape index (κ1) is 8.96. The highest BCUT2D eigenvalue weighted by atomic mass is 16.2. The normalized spacial score (nSPS) is 15.0. The second-order valence-corrected chi connectivity index (χ2v) is 3.47. The number of nitrogens with zero attached hydrogens (tertiary/aromatic N) is 3. The lowest BCUT2D eigenvalue weighted by atomic mass is 10.2. The molecule has 2 aromatic rings. The number of fused-ring (bicyclic) bond motifs is 1. The molecule has 0 bridgehead atoms. The largest absolute Gasteiger partial charge is 0.309 e. The Hall–Kier alpha value is -2.30. The molecule has 0 fully saturated rings. The van der Waals surface area contributed by atoms with Crippen LogP contribution in [0.3, 0.4) is 0 Å². The van der Waals surface area contributed by atoms with Crippen LogP contribution in [0.15, 0.2) is 35.6 Å². The molecule has 0 radical (unpaired) electrons. The van der Waals surface area contributed by atoms with E-state index in [2.05, 4.69) is 20.3 Å². The summed E-state index contributed by atoms with van der Waals surface area (Å²) in [5, 5.41) is 2.70. The summed E-state index contributed by atoms with van der Waals surface area (Å²) in [7, 11) is 0. The van der Waals surface area contributed by atoms with E-state index in [0.717, 1.165) is 16.6 Å². The molecule has 1 N–H and O–H groups in total. The van der Waals surface area contributed by atoms with Crippen LogP contribution in [0.5, 0.6) is 0 Å². The zero-order valence-electron chi connectivity index (χ0n) is 8.34. The molecule has 5 heteroatoms. The number of aromatic nitrogens is 2. The van der Waals surface area contributed by atoms with Crippen molar-refractivity contribution in [1.82, 2.24) is 15.3 Å². The minimum Gasteiger partial charge on any atom is -0.309 e. The Balaban J connectivity index is 2.09. The van der Waals surface area contributed by atoms with Crippen LogP contribution in [0.4, 0.5) is 0 Å². The van der Waals surface area contributed by atoms with E-state index >= 15 is 0 Å². The molecule has 3 rings (SSSR count). The first-order chi connectivity index (χ1) is 7.83. The number of amides is 1. The van der Waals surface area contributed by atoms with Crippen LogP contribution in [0.1, 0.15) is 5.56 Å². The number of nitrogens with one attached hydrogen (secondary N) is 1. The molecule has 1 aromatic carbocycles. The highest BCUT2D eigenvalue weighted by Gasteiger charge is 2.15. The summed E-state index contributed by atoms with van der Waals surface area (Å²) in [5.74, 6) is 0.534. The van der Waals surface area contributed by atoms with Gasteiger partial charge in [-0.25, -0.2) is 0 Å². The minimum absolute atomic E-state index is 0.0748. The van der Waals surface area contributed by atoms with Crippen molar-refractivity contribution in [3.63, 3.8) is 0 Å². The number of hydrogen-bond acceptors (Lipinski definition) is 4. The zero-order valence-corrected chi connectivity index (χ0v) is 8.34. The fraction of sp³-hybridized carbons (Fsp3) is 0.0909. The van der Waals surface area contributed by atoms with Crippen molar-refractivity contribution in [2.45, 2.75) is 0 Å². The third-order valence-corrected chi connectivity index (χ3v) is 2.38. The van der Waals surface area contributed by atoms with Gasteiger partial charge in [0.2, 0.25) is 5.91 Å². The molecular weight excluding hydrogens is 204 g/mol. The van der Waals surface area contributed by atoms with E-state index in [4.69, 9.17) is 0 Å². The maximum absolute atomic E-state index is 11.0. The average Bonchev–Trinajstić information content (AvgIpc) is 2.75. The molecular formula is C11H8N4O. The topological polar surface area (TPSA) is 67.2 Å². The van der Waals surface area contributed by atoms with Crippen LogP contribution in [-0.2, 0) is 4.79 Å². The Bertz CT molecular complexity index is 606. The summed E-state index contributed by atoms with van der Waals surface area (Å²) in [6, 6.07) is 5.61. The van der Waals surface area contributed by atoms with Crippen LogP contribution in [0.2, 0.25) is 0 Å². The van der Waals surface area contributed by atoms with Gasteiger partial charge >= 0.3 is 0 Å². The van der Waals surface area contributed by atoms with Gasteiger partial charge in [0.05, 0.1) is 11.0 Å². The third kappa shape index (κ3) is 1.42. The summed E-state index contributed by atoms with van der Waals surface area (Å²) in [6.45, 7) is 0.202. The Morgan fingerprint density at radius 3 is 2.69 bits per heavy atom. The van der Waals surface area contributed by atoms with Gasteiger partial charge in [-0.15, -0.1) is 0 Å². The van der Waals surface area contributed by atoms with Gasteiger partial charge in [0.25, 0.3) is 0 Å². The van der Waals surface area contributed by atoms with Crippen LogP contribution in [0, 0.1) is 0 Å². The minimum atomic E-state index is -0.0748. The van der Waals surface area contributed by atoms with Gasteiger partial charge in [0.15, 0.2) is 0 Å². The van der Waals surface area contributed by atoms with Crippen LogP contribution in [0.25, 0.3) is 11.0 Å². The zero-order chi connectivity index (χ0) is 11.0. The lowest BCUT2D eigenvalue weighted by Gasteiger charge is -2.02. The number of rotatable bonds is 1. The molecule has 1 amide bonds. The summed E-state index contributed by atoms with van der Waals surface area (Å²) < 4.78 is 0. The molecule has 2 heterocycles. The Morgan fingerprint density at radius 1 is 1.12 bits per heavy atom. The molecule has 0 unspecified atom stereocenters. The summed E-state index contributed by atoms with van der Waals surface area (Å²) in [6.07, 6.45) is 3.29. The molecule has 0 aliphatic carbocycles. The van der Waals surface area contributed by atoms with Crippen LogP contribution in [-0.4, -0.2) is 28.3 Å². The molecule has 5 nitrogen and oxygen atoms in total. The summed E-state index contributed by atoms with van der Waals surface area (Å²) >= 11 is 0. The number of hydrogen-bond donors (Lipinski definition) is 1. The van der Waals surface area contributed by atoms with Gasteiger partial charge in [0.1, 0.15) is 12.4 Å². The Labute approximate surface area is 91.2 Å². The number of carbonyl (C=O) groups is 1. The number of aliphatic imine (C=N–C) groups is 1. The van der Waals surface area contributed by atoms with Gasteiger partial charge in [-0.3, -0.25) is 19.8 Å². The molecule has 0 atom stereocenters. The monoisotopic (exact) mass is 212 g/mol. The second-order valence-electron chi connectivity index (χ2n) is 3.47. The smallest absolute Gasteiger partial charge is 0.247 e. The van der Waals surface area contributed by atoms with E-state index in [1.54, 1.807) is 12.4 Å². The van der Waals surface area contributed by atoms with E-state index in [0.29, 0.717) is 5.84 Å². The van der Waals surface area contributed by atoms with Gasteiger partial charge < -0.3 is 5.32 Å². The summed E-state index contributed by atoms with van der Waals surface area (Å²) in [4.78, 5) is 23.5. The molecule has 1 aromatic heterocycles. The van der Waals surface area contributed by atoms with E-state index in [1.807, 2.05) is 18.2 Å². The van der Waals surface area contributed by atoms with Crippen molar-refractivity contribution in [3.8, 4) is 0 Å². The first-order valence-electron chi connectivity index (χ1n) is 4.88.